The van der Waals surface area contributed by atoms with Crippen molar-refractivity contribution in [1.29, 1.82) is 0 Å². The zero-order valence-corrected chi connectivity index (χ0v) is 21.1. The van der Waals surface area contributed by atoms with E-state index < -0.39 is 15.2 Å². The van der Waals surface area contributed by atoms with Crippen molar-refractivity contribution in [3.8, 4) is 11.5 Å². The van der Waals surface area contributed by atoms with Gasteiger partial charge in [-0.25, -0.2) is 9.97 Å². The summed E-state index contributed by atoms with van der Waals surface area (Å²) < 4.78 is 13.8. The van der Waals surface area contributed by atoms with Gasteiger partial charge in [-0.05, 0) is 65.1 Å². The van der Waals surface area contributed by atoms with Crippen molar-refractivity contribution in [3.63, 3.8) is 0 Å². The first-order valence-corrected chi connectivity index (χ1v) is 16.2. The highest BCUT2D eigenvalue weighted by atomic mass is 79.9. The topological polar surface area (TPSA) is 67.8 Å². The molecule has 29 heavy (non-hydrogen) atoms. The highest BCUT2D eigenvalue weighted by Gasteiger charge is 2.21. The molecule has 2 heterocycles. The second-order valence-corrected chi connectivity index (χ2v) is 17.1. The number of nitrogens with zero attached hydrogens (tertiary/aromatic N) is 3. The van der Waals surface area contributed by atoms with Crippen LogP contribution in [0.1, 0.15) is 5.69 Å². The Morgan fingerprint density at radius 3 is 2.52 bits per heavy atom. The predicted molar refractivity (Wildman–Crippen MR) is 129 cm³/mol. The van der Waals surface area contributed by atoms with Gasteiger partial charge in [-0.3, -0.25) is 0 Å². The molecule has 3 aromatic rings. The Morgan fingerprint density at radius 2 is 1.86 bits per heavy atom. The third-order valence-electron chi connectivity index (χ3n) is 3.91. The molecule has 0 amide bonds. The lowest BCUT2D eigenvalue weighted by molar-refractivity contribution is 0.588. The number of hydrogen-bond donors (Lipinski definition) is 1. The number of fused-ring (bicyclic) bond motifs is 1. The van der Waals surface area contributed by atoms with Gasteiger partial charge >= 0.3 is 0 Å². The molecule has 1 aromatic carbocycles. The first-order valence-electron chi connectivity index (χ1n) is 8.91. The van der Waals surface area contributed by atoms with Crippen molar-refractivity contribution in [1.82, 2.24) is 15.0 Å². The molecular weight excluding hydrogens is 487 g/mol. The summed E-state index contributed by atoms with van der Waals surface area (Å²) in [5, 5.41) is 4.91. The van der Waals surface area contributed by atoms with E-state index in [0.717, 1.165) is 16.6 Å². The van der Waals surface area contributed by atoms with Gasteiger partial charge in [-0.2, -0.15) is 4.98 Å². The van der Waals surface area contributed by atoms with Crippen LogP contribution in [0.4, 0.5) is 11.5 Å². The number of rotatable bonds is 3. The van der Waals surface area contributed by atoms with E-state index in [0.29, 0.717) is 21.3 Å². The van der Waals surface area contributed by atoms with Crippen LogP contribution in [0.15, 0.2) is 34.9 Å². The lowest BCUT2D eigenvalue weighted by Crippen LogP contribution is -2.16. The molecule has 0 aliphatic heterocycles. The molecule has 150 valence electrons. The summed E-state index contributed by atoms with van der Waals surface area (Å²) in [6.07, 6.45) is 1.57. The van der Waals surface area contributed by atoms with E-state index in [1.807, 2.05) is 24.3 Å². The monoisotopic (exact) mass is 506 g/mol. The van der Waals surface area contributed by atoms with Crippen LogP contribution < -0.4 is 10.6 Å². The van der Waals surface area contributed by atoms with Crippen LogP contribution in [0.25, 0.3) is 10.9 Å². The van der Waals surface area contributed by atoms with Gasteiger partial charge in [0.2, 0.25) is 5.28 Å². The van der Waals surface area contributed by atoms with E-state index in [2.05, 4.69) is 67.3 Å². The third kappa shape index (κ3) is 5.46. The fourth-order valence-corrected chi connectivity index (χ4v) is 5.16. The maximum atomic E-state index is 13.2. The molecule has 0 aliphatic rings. The van der Waals surface area contributed by atoms with E-state index in [9.17, 15) is 4.57 Å². The highest BCUT2D eigenvalue weighted by molar-refractivity contribution is 9.10. The number of benzene rings is 1. The molecule has 9 heteroatoms. The summed E-state index contributed by atoms with van der Waals surface area (Å²) >= 11 is 9.34. The summed E-state index contributed by atoms with van der Waals surface area (Å²) in [5.74, 6) is 3.69. The zero-order valence-electron chi connectivity index (χ0n) is 16.8. The molecule has 0 unspecified atom stereocenters. The summed E-state index contributed by atoms with van der Waals surface area (Å²) in [7, 11) is -4.14. The van der Waals surface area contributed by atoms with Gasteiger partial charge in [0.15, 0.2) is 0 Å². The lowest BCUT2D eigenvalue weighted by atomic mass is 10.1. The quantitative estimate of drug-likeness (QED) is 0.214. The Bertz CT molecular complexity index is 1210. The van der Waals surface area contributed by atoms with Crippen LogP contribution in [0.3, 0.4) is 0 Å². The standard InChI is InChI=1S/C20H21BrClN4OPSi/c1-28(2,27)18-14-7-6-13(10-11-29(3,4)5)24-16(14)8-9-17(18)25-19-15(21)12-23-20(22)26-19/h6-9,12H,1-5H3,(H,23,25,26). The van der Waals surface area contributed by atoms with Gasteiger partial charge in [0.25, 0.3) is 0 Å². The number of nitrogens with one attached hydrogen (secondary N) is 1. The number of anilines is 2. The molecule has 3 rings (SSSR count). The van der Waals surface area contributed by atoms with Gasteiger partial charge in [0.1, 0.15) is 26.7 Å². The SMILES string of the molecule is C[Si](C)(C)C#Cc1ccc2c(P(C)(C)=O)c(Nc3nc(Cl)ncc3Br)ccc2n1. The molecular formula is C20H21BrClN4OPSi. The maximum absolute atomic E-state index is 13.2. The fraction of sp³-hybridized carbons (Fsp3) is 0.250. The number of aromatic nitrogens is 3. The minimum absolute atomic E-state index is 0.126. The van der Waals surface area contributed by atoms with E-state index in [4.69, 9.17) is 11.6 Å². The average molecular weight is 508 g/mol. The van der Waals surface area contributed by atoms with Crippen molar-refractivity contribution in [2.24, 2.45) is 0 Å². The van der Waals surface area contributed by atoms with Crippen LogP contribution in [0, 0.1) is 11.5 Å². The summed E-state index contributed by atoms with van der Waals surface area (Å²) in [6, 6.07) is 7.59. The maximum Gasteiger partial charge on any atom is 0.224 e. The Balaban J connectivity index is 2.15. The molecule has 0 aliphatic carbocycles. The molecule has 5 nitrogen and oxygen atoms in total. The third-order valence-corrected chi connectivity index (χ3v) is 7.11. The van der Waals surface area contributed by atoms with Crippen molar-refractivity contribution in [2.75, 3.05) is 18.6 Å². The van der Waals surface area contributed by atoms with Crippen molar-refractivity contribution in [3.05, 3.63) is 45.9 Å². The second-order valence-electron chi connectivity index (χ2n) is 8.04. The van der Waals surface area contributed by atoms with Gasteiger partial charge in [-0.1, -0.05) is 25.6 Å². The molecule has 0 bridgehead atoms. The highest BCUT2D eigenvalue weighted by Crippen LogP contribution is 2.41. The van der Waals surface area contributed by atoms with Crippen LogP contribution in [-0.2, 0) is 4.57 Å². The molecule has 0 saturated carbocycles. The van der Waals surface area contributed by atoms with E-state index in [1.54, 1.807) is 19.5 Å². The number of halogens is 2. The summed E-state index contributed by atoms with van der Waals surface area (Å²) in [5.41, 5.74) is 5.51. The minimum atomic E-state index is -2.65. The largest absolute Gasteiger partial charge is 0.339 e. The average Bonchev–Trinajstić information content (AvgIpc) is 2.61. The van der Waals surface area contributed by atoms with Crippen molar-refractivity contribution < 1.29 is 4.57 Å². The smallest absolute Gasteiger partial charge is 0.224 e. The summed E-state index contributed by atoms with van der Waals surface area (Å²) in [6.45, 7) is 10.1. The Morgan fingerprint density at radius 1 is 1.14 bits per heavy atom. The molecule has 0 radical (unpaired) electrons. The van der Waals surface area contributed by atoms with E-state index in [-0.39, 0.29) is 5.28 Å². The van der Waals surface area contributed by atoms with Gasteiger partial charge in [0.05, 0.1) is 15.7 Å². The molecule has 0 spiro atoms. The Hall–Kier alpha value is -1.71. The molecule has 1 N–H and O–H groups in total. The van der Waals surface area contributed by atoms with Crippen LogP contribution in [0.2, 0.25) is 24.9 Å². The lowest BCUT2D eigenvalue weighted by Gasteiger charge is -2.18. The van der Waals surface area contributed by atoms with Crippen molar-refractivity contribution >= 4 is 70.5 Å². The molecule has 2 aromatic heterocycles. The predicted octanol–water partition coefficient (Wildman–Crippen LogP) is 5.66. The van der Waals surface area contributed by atoms with Gasteiger partial charge in [0, 0.05) is 16.9 Å². The Kier molecular flexibility index (Phi) is 6.21. The van der Waals surface area contributed by atoms with Crippen LogP contribution >= 0.6 is 34.7 Å². The Labute approximate surface area is 185 Å². The van der Waals surface area contributed by atoms with E-state index >= 15 is 0 Å². The summed E-state index contributed by atoms with van der Waals surface area (Å²) in [4.78, 5) is 12.8. The molecule has 0 fully saturated rings. The normalized spacial score (nSPS) is 11.8. The number of pyridine rings is 1. The van der Waals surface area contributed by atoms with E-state index in [1.165, 1.54) is 0 Å². The number of hydrogen-bond acceptors (Lipinski definition) is 5. The first kappa shape index (κ1) is 22.0. The fourth-order valence-electron chi connectivity index (χ4n) is 2.75. The van der Waals surface area contributed by atoms with Crippen molar-refractivity contribution in [2.45, 2.75) is 19.6 Å². The van der Waals surface area contributed by atoms with Gasteiger partial charge < -0.3 is 9.88 Å². The first-order chi connectivity index (χ1) is 13.4. The zero-order chi connectivity index (χ0) is 21.4. The molecule has 0 saturated heterocycles. The second kappa shape index (κ2) is 8.20. The molecule has 0 atom stereocenters. The van der Waals surface area contributed by atoms with Gasteiger partial charge in [-0.15, -0.1) is 5.54 Å². The minimum Gasteiger partial charge on any atom is -0.339 e. The van der Waals surface area contributed by atoms with Crippen LogP contribution in [-0.4, -0.2) is 36.4 Å². The van der Waals surface area contributed by atoms with Crippen LogP contribution in [0.5, 0.6) is 0 Å².